The van der Waals surface area contributed by atoms with Gasteiger partial charge in [0, 0.05) is 30.4 Å². The second-order valence-electron chi connectivity index (χ2n) is 7.48. The Hall–Kier alpha value is -3.17. The fourth-order valence-electron chi connectivity index (χ4n) is 3.56. The van der Waals surface area contributed by atoms with E-state index in [0.717, 1.165) is 30.6 Å². The molecule has 1 aromatic heterocycles. The van der Waals surface area contributed by atoms with Gasteiger partial charge >= 0.3 is 0 Å². The van der Waals surface area contributed by atoms with Crippen LogP contribution in [0.3, 0.4) is 0 Å². The van der Waals surface area contributed by atoms with Gasteiger partial charge in [0.2, 0.25) is 10.0 Å². The number of piperidine rings is 1. The summed E-state index contributed by atoms with van der Waals surface area (Å²) >= 11 is 0. The molecule has 0 saturated carbocycles. The van der Waals surface area contributed by atoms with Gasteiger partial charge in [0.15, 0.2) is 11.5 Å². The summed E-state index contributed by atoms with van der Waals surface area (Å²) in [4.78, 5) is 12.8. The fourth-order valence-corrected chi connectivity index (χ4v) is 5.08. The first-order valence-electron chi connectivity index (χ1n) is 10.6. The largest absolute Gasteiger partial charge is 0.494 e. The smallest absolute Gasteiger partial charge is 0.277 e. The number of rotatable bonds is 7. The van der Waals surface area contributed by atoms with E-state index < -0.39 is 15.9 Å². The first-order valence-corrected chi connectivity index (χ1v) is 12.0. The van der Waals surface area contributed by atoms with Gasteiger partial charge in [-0.1, -0.05) is 11.6 Å². The van der Waals surface area contributed by atoms with Gasteiger partial charge in [0.05, 0.1) is 11.5 Å². The molecule has 0 atom stereocenters. The number of nitrogens with zero attached hydrogens (tertiary/aromatic N) is 2. The molecule has 3 aromatic rings. The van der Waals surface area contributed by atoms with Crippen molar-refractivity contribution in [3.63, 3.8) is 0 Å². The highest BCUT2D eigenvalue weighted by atomic mass is 32.2. The lowest BCUT2D eigenvalue weighted by atomic mass is 10.1. The number of aromatic nitrogens is 1. The molecule has 2 heterocycles. The molecule has 2 aromatic carbocycles. The molecule has 32 heavy (non-hydrogen) atoms. The van der Waals surface area contributed by atoms with Gasteiger partial charge < -0.3 is 14.6 Å². The Bertz CT molecular complexity index is 1170. The highest BCUT2D eigenvalue weighted by Crippen LogP contribution is 2.25. The topological polar surface area (TPSA) is 102 Å². The van der Waals surface area contributed by atoms with Crippen LogP contribution in [-0.2, 0) is 10.0 Å². The predicted octanol–water partition coefficient (Wildman–Crippen LogP) is 4.17. The van der Waals surface area contributed by atoms with Crippen molar-refractivity contribution in [2.45, 2.75) is 31.1 Å². The van der Waals surface area contributed by atoms with Crippen LogP contribution < -0.4 is 10.1 Å². The number of carbonyl (C=O) groups excluding carboxylic acids is 1. The van der Waals surface area contributed by atoms with E-state index in [1.165, 1.54) is 16.4 Å². The highest BCUT2D eigenvalue weighted by Gasteiger charge is 2.25. The predicted molar refractivity (Wildman–Crippen MR) is 120 cm³/mol. The first kappa shape index (κ1) is 22.0. The minimum absolute atomic E-state index is 0.124. The lowest BCUT2D eigenvalue weighted by Gasteiger charge is -2.25. The van der Waals surface area contributed by atoms with Crippen LogP contribution in [0.15, 0.2) is 64.0 Å². The molecule has 0 radical (unpaired) electrons. The summed E-state index contributed by atoms with van der Waals surface area (Å²) in [7, 11) is -3.51. The van der Waals surface area contributed by atoms with E-state index in [1.54, 1.807) is 18.2 Å². The molecular weight excluding hydrogens is 430 g/mol. The standard InChI is InChI=1S/C23H25N3O5S/c1-2-30-19-10-6-17(7-11-19)22-16-21(25-31-22)23(27)24-18-8-12-20(13-9-18)32(28,29)26-14-4-3-5-15-26/h6-13,16H,2-5,14-15H2,1H3,(H,24,27). The van der Waals surface area contributed by atoms with Crippen molar-refractivity contribution in [1.29, 1.82) is 0 Å². The van der Waals surface area contributed by atoms with Gasteiger partial charge in [-0.05, 0) is 68.3 Å². The van der Waals surface area contributed by atoms with Crippen molar-refractivity contribution in [2.75, 3.05) is 25.0 Å². The molecule has 0 spiro atoms. The van der Waals surface area contributed by atoms with Gasteiger partial charge in [-0.25, -0.2) is 8.42 Å². The lowest BCUT2D eigenvalue weighted by Crippen LogP contribution is -2.35. The summed E-state index contributed by atoms with van der Waals surface area (Å²) in [6.07, 6.45) is 2.81. The zero-order chi connectivity index (χ0) is 22.6. The van der Waals surface area contributed by atoms with Gasteiger partial charge in [-0.3, -0.25) is 4.79 Å². The van der Waals surface area contributed by atoms with Gasteiger partial charge in [0.25, 0.3) is 5.91 Å². The van der Waals surface area contributed by atoms with Gasteiger partial charge in [-0.2, -0.15) is 4.31 Å². The maximum absolute atomic E-state index is 12.7. The van der Waals surface area contributed by atoms with Crippen molar-refractivity contribution in [3.05, 3.63) is 60.3 Å². The number of hydrogen-bond acceptors (Lipinski definition) is 6. The Morgan fingerprint density at radius 2 is 1.75 bits per heavy atom. The molecule has 1 aliphatic rings. The summed E-state index contributed by atoms with van der Waals surface area (Å²) in [6.45, 7) is 3.58. The lowest BCUT2D eigenvalue weighted by molar-refractivity contribution is 0.101. The summed E-state index contributed by atoms with van der Waals surface area (Å²) < 4.78 is 37.7. The molecule has 0 unspecified atom stereocenters. The summed E-state index contributed by atoms with van der Waals surface area (Å²) in [5, 5.41) is 6.56. The first-order chi connectivity index (χ1) is 15.5. The third-order valence-corrected chi connectivity index (χ3v) is 7.17. The molecular formula is C23H25N3O5S. The Labute approximate surface area is 187 Å². The third kappa shape index (κ3) is 4.84. The van der Waals surface area contributed by atoms with E-state index in [2.05, 4.69) is 10.5 Å². The molecule has 0 bridgehead atoms. The van der Waals surface area contributed by atoms with E-state index in [-0.39, 0.29) is 10.6 Å². The zero-order valence-electron chi connectivity index (χ0n) is 17.8. The molecule has 4 rings (SSSR count). The average Bonchev–Trinajstić information content (AvgIpc) is 3.31. The molecule has 8 nitrogen and oxygen atoms in total. The number of sulfonamides is 1. The molecule has 0 aliphatic carbocycles. The Kier molecular flexibility index (Phi) is 6.57. The van der Waals surface area contributed by atoms with Crippen LogP contribution in [-0.4, -0.2) is 43.5 Å². The SMILES string of the molecule is CCOc1ccc(-c2cc(C(=O)Nc3ccc(S(=O)(=O)N4CCCCC4)cc3)no2)cc1. The molecule has 1 saturated heterocycles. The third-order valence-electron chi connectivity index (χ3n) is 5.26. The van der Waals surface area contributed by atoms with Crippen molar-refractivity contribution in [1.82, 2.24) is 9.46 Å². The number of benzene rings is 2. The Morgan fingerprint density at radius 3 is 2.41 bits per heavy atom. The van der Waals surface area contributed by atoms with Crippen LogP contribution in [0.1, 0.15) is 36.7 Å². The Balaban J connectivity index is 1.42. The summed E-state index contributed by atoms with van der Waals surface area (Å²) in [5.41, 5.74) is 1.37. The minimum atomic E-state index is -3.51. The minimum Gasteiger partial charge on any atom is -0.494 e. The monoisotopic (exact) mass is 455 g/mol. The van der Waals surface area contributed by atoms with Gasteiger partial charge in [0.1, 0.15) is 5.75 Å². The van der Waals surface area contributed by atoms with Crippen molar-refractivity contribution in [3.8, 4) is 17.1 Å². The van der Waals surface area contributed by atoms with Crippen LogP contribution in [0.5, 0.6) is 5.75 Å². The Morgan fingerprint density at radius 1 is 1.06 bits per heavy atom. The second-order valence-corrected chi connectivity index (χ2v) is 9.41. The quantitative estimate of drug-likeness (QED) is 0.574. The normalized spacial score (nSPS) is 14.8. The van der Waals surface area contributed by atoms with Crippen molar-refractivity contribution >= 4 is 21.6 Å². The number of amides is 1. The molecule has 168 valence electrons. The average molecular weight is 456 g/mol. The van der Waals surface area contributed by atoms with Crippen LogP contribution in [0, 0.1) is 0 Å². The van der Waals surface area contributed by atoms with E-state index in [4.69, 9.17) is 9.26 Å². The number of anilines is 1. The van der Waals surface area contributed by atoms with E-state index >= 15 is 0 Å². The van der Waals surface area contributed by atoms with Crippen molar-refractivity contribution < 1.29 is 22.5 Å². The van der Waals surface area contributed by atoms with Crippen LogP contribution in [0.25, 0.3) is 11.3 Å². The van der Waals surface area contributed by atoms with E-state index in [1.807, 2.05) is 31.2 Å². The maximum atomic E-state index is 12.7. The molecule has 1 aliphatic heterocycles. The zero-order valence-corrected chi connectivity index (χ0v) is 18.6. The highest BCUT2D eigenvalue weighted by molar-refractivity contribution is 7.89. The number of hydrogen-bond donors (Lipinski definition) is 1. The number of nitrogens with one attached hydrogen (secondary N) is 1. The second kappa shape index (κ2) is 9.54. The molecule has 9 heteroatoms. The number of ether oxygens (including phenoxy) is 1. The van der Waals surface area contributed by atoms with Crippen LogP contribution in [0.2, 0.25) is 0 Å². The van der Waals surface area contributed by atoms with Crippen LogP contribution in [0.4, 0.5) is 5.69 Å². The van der Waals surface area contributed by atoms with Crippen molar-refractivity contribution in [2.24, 2.45) is 0 Å². The summed E-state index contributed by atoms with van der Waals surface area (Å²) in [5.74, 6) is 0.762. The van der Waals surface area contributed by atoms with E-state index in [0.29, 0.717) is 31.1 Å². The molecule has 1 N–H and O–H groups in total. The molecule has 1 fully saturated rings. The van der Waals surface area contributed by atoms with E-state index in [9.17, 15) is 13.2 Å². The van der Waals surface area contributed by atoms with Gasteiger partial charge in [-0.15, -0.1) is 0 Å². The number of carbonyl (C=O) groups is 1. The van der Waals surface area contributed by atoms with Crippen LogP contribution >= 0.6 is 0 Å². The summed E-state index contributed by atoms with van der Waals surface area (Å²) in [6, 6.07) is 15.0. The maximum Gasteiger partial charge on any atom is 0.277 e. The molecule has 1 amide bonds. The fraction of sp³-hybridized carbons (Fsp3) is 0.304.